The molecule has 0 bridgehead atoms. The molecule has 14 heteroatoms. The second-order valence-corrected chi connectivity index (χ2v) is 19.6. The van der Waals surface area contributed by atoms with Crippen molar-refractivity contribution in [2.45, 2.75) is 99.7 Å². The summed E-state index contributed by atoms with van der Waals surface area (Å²) in [6.07, 6.45) is 28.8. The molecule has 2 heterocycles. The third-order valence-electron chi connectivity index (χ3n) is 11.6. The Morgan fingerprint density at radius 3 is 2.14 bits per heavy atom. The van der Waals surface area contributed by atoms with Gasteiger partial charge in [0.05, 0.1) is 9.79 Å². The fourth-order valence-corrected chi connectivity index (χ4v) is 9.19. The fourth-order valence-electron chi connectivity index (χ4n) is 8.18. The number of aromatic hydroxyl groups is 2. The van der Waals surface area contributed by atoms with Gasteiger partial charge in [0, 0.05) is 59.3 Å². The zero-order valence-electron chi connectivity index (χ0n) is 35.9. The number of aromatic nitrogens is 1. The Bertz CT molecular complexity index is 2750. The summed E-state index contributed by atoms with van der Waals surface area (Å²) < 4.78 is 69.3. The van der Waals surface area contributed by atoms with Crippen molar-refractivity contribution in [2.24, 2.45) is 0 Å². The number of benzene rings is 2. The van der Waals surface area contributed by atoms with E-state index in [0.717, 1.165) is 58.5 Å². The molecule has 0 atom stereocenters. The molecule has 332 valence electrons. The summed E-state index contributed by atoms with van der Waals surface area (Å²) in [6, 6.07) is 11.8. The van der Waals surface area contributed by atoms with Crippen LogP contribution in [0.15, 0.2) is 159 Å². The van der Waals surface area contributed by atoms with Crippen LogP contribution in [0.2, 0.25) is 0 Å². The first kappa shape index (κ1) is 46.6. The van der Waals surface area contributed by atoms with Gasteiger partial charge in [0.15, 0.2) is 0 Å². The topological polar surface area (TPSA) is 184 Å². The molecular formula is C49H54N2O10S2. The molecule has 0 unspecified atom stereocenters. The lowest BCUT2D eigenvalue weighted by Crippen LogP contribution is -2.27. The maximum Gasteiger partial charge on any atom is 0.333 e. The number of unbranched alkanes of at least 4 members (excludes halogenated alkanes) is 2. The van der Waals surface area contributed by atoms with Crippen molar-refractivity contribution in [1.82, 2.24) is 4.73 Å². The third-order valence-corrected chi connectivity index (χ3v) is 13.3. The summed E-state index contributed by atoms with van der Waals surface area (Å²) in [4.78, 5) is 19.2. The van der Waals surface area contributed by atoms with Gasteiger partial charge in [-0.15, -0.1) is 10.5 Å². The molecule has 0 amide bonds. The van der Waals surface area contributed by atoms with E-state index in [1.807, 2.05) is 88.5 Å². The minimum absolute atomic E-state index is 0.0531. The molecule has 0 fully saturated rings. The third kappa shape index (κ3) is 11.2. The highest BCUT2D eigenvalue weighted by Crippen LogP contribution is 2.48. The van der Waals surface area contributed by atoms with Crippen molar-refractivity contribution >= 4 is 31.9 Å². The molecule has 12 nitrogen and oxygen atoms in total. The second kappa shape index (κ2) is 19.2. The number of fused-ring (bicyclic) bond motifs is 2. The predicted molar refractivity (Wildman–Crippen MR) is 244 cm³/mol. The van der Waals surface area contributed by atoms with Crippen LogP contribution in [0.1, 0.15) is 89.3 Å². The zero-order chi connectivity index (χ0) is 45.6. The maximum absolute atomic E-state index is 12.4. The lowest BCUT2D eigenvalue weighted by molar-refractivity contribution is -0.145. The summed E-state index contributed by atoms with van der Waals surface area (Å²) in [5.41, 5.74) is 9.66. The molecule has 4 N–H and O–H groups in total. The van der Waals surface area contributed by atoms with Gasteiger partial charge in [-0.1, -0.05) is 107 Å². The first-order valence-corrected chi connectivity index (χ1v) is 23.7. The highest BCUT2D eigenvalue weighted by atomic mass is 32.2. The summed E-state index contributed by atoms with van der Waals surface area (Å²) in [6.45, 7) is 8.54. The van der Waals surface area contributed by atoms with Crippen LogP contribution in [0, 0.1) is 0 Å². The summed E-state index contributed by atoms with van der Waals surface area (Å²) >= 11 is 0. The van der Waals surface area contributed by atoms with Gasteiger partial charge in [-0.05, 0) is 96.3 Å². The highest BCUT2D eigenvalue weighted by molar-refractivity contribution is 7.86. The molecule has 1 aliphatic heterocycles. The van der Waals surface area contributed by atoms with Crippen LogP contribution in [-0.2, 0) is 42.3 Å². The standard InChI is InChI=1S/C49H54N2O10S2/c1-48(2)38(32-36(20-16-19-35-17-10-6-5-7-11-18-35)31-37-24-25-39(33-41(37)48)62(55,56)57)21-12-8-13-22-44-49(3,4)42-34-40(63(58,59)60)26-27-43(42)50(44)30-15-9-14-23-47(54)61-51-45(52)28-29-46(51)53/h5-8,10-13,17-18,21-22,24-29,33-34,52-53H,9,14-16,19-20,23,30-31H2,1-4H3,(H,55,56,57)(H,58,59,60). The van der Waals surface area contributed by atoms with Crippen molar-refractivity contribution in [3.8, 4) is 11.8 Å². The van der Waals surface area contributed by atoms with Crippen LogP contribution in [0.25, 0.3) is 0 Å². The van der Waals surface area contributed by atoms with Gasteiger partial charge in [-0.2, -0.15) is 16.8 Å². The van der Waals surface area contributed by atoms with Crippen molar-refractivity contribution in [3.05, 3.63) is 166 Å². The van der Waals surface area contributed by atoms with E-state index in [9.17, 15) is 40.9 Å². The number of carbonyl (C=O) groups is 1. The molecule has 0 saturated heterocycles. The van der Waals surface area contributed by atoms with Crippen LogP contribution in [0.5, 0.6) is 11.8 Å². The van der Waals surface area contributed by atoms with E-state index in [1.165, 1.54) is 35.9 Å². The molecule has 63 heavy (non-hydrogen) atoms. The second-order valence-electron chi connectivity index (χ2n) is 16.8. The highest BCUT2D eigenvalue weighted by Gasteiger charge is 2.40. The first-order valence-electron chi connectivity index (χ1n) is 20.8. The van der Waals surface area contributed by atoms with E-state index in [0.29, 0.717) is 37.0 Å². The van der Waals surface area contributed by atoms with Crippen LogP contribution in [0.3, 0.4) is 0 Å². The average Bonchev–Trinajstić information content (AvgIpc) is 3.58. The molecule has 1 aromatic heterocycles. The molecule has 6 rings (SSSR count). The lowest BCUT2D eigenvalue weighted by Gasteiger charge is -2.27. The van der Waals surface area contributed by atoms with Crippen molar-refractivity contribution < 1.29 is 45.8 Å². The van der Waals surface area contributed by atoms with Gasteiger partial charge in [0.2, 0.25) is 11.8 Å². The van der Waals surface area contributed by atoms with Crippen molar-refractivity contribution in [2.75, 3.05) is 11.4 Å². The van der Waals surface area contributed by atoms with E-state index < -0.39 is 48.8 Å². The van der Waals surface area contributed by atoms with Gasteiger partial charge in [-0.25, -0.2) is 4.79 Å². The number of allylic oxidation sites excluding steroid dienone is 15. The molecule has 3 aliphatic rings. The fraction of sp³-hybridized carbons (Fsp3) is 0.306. The minimum atomic E-state index is -4.46. The number of hydrogen-bond acceptors (Lipinski definition) is 9. The first-order chi connectivity index (χ1) is 29.8. The molecule has 2 aromatic carbocycles. The average molecular weight is 895 g/mol. The molecule has 2 aliphatic carbocycles. The summed E-state index contributed by atoms with van der Waals surface area (Å²) in [5.74, 6) is -1.41. The van der Waals surface area contributed by atoms with Crippen LogP contribution < -0.4 is 9.74 Å². The Balaban J connectivity index is 1.24. The van der Waals surface area contributed by atoms with Crippen molar-refractivity contribution in [3.63, 3.8) is 0 Å². The van der Waals surface area contributed by atoms with Gasteiger partial charge in [-0.3, -0.25) is 9.11 Å². The van der Waals surface area contributed by atoms with E-state index in [-0.39, 0.29) is 16.2 Å². The number of carbonyl (C=O) groups excluding carboxylic acids is 1. The maximum atomic E-state index is 12.4. The van der Waals surface area contributed by atoms with E-state index >= 15 is 0 Å². The van der Waals surface area contributed by atoms with Gasteiger partial charge >= 0.3 is 5.97 Å². The number of hydrogen-bond donors (Lipinski definition) is 4. The Kier molecular flexibility index (Phi) is 14.2. The van der Waals surface area contributed by atoms with E-state index in [1.54, 1.807) is 18.2 Å². The minimum Gasteiger partial charge on any atom is -0.492 e. The molecule has 0 saturated carbocycles. The van der Waals surface area contributed by atoms with Crippen molar-refractivity contribution in [1.29, 1.82) is 0 Å². The van der Waals surface area contributed by atoms with E-state index in [2.05, 4.69) is 22.8 Å². The number of anilines is 1. The Morgan fingerprint density at radius 1 is 0.762 bits per heavy atom. The Labute approximate surface area is 370 Å². The lowest BCUT2D eigenvalue weighted by atomic mass is 9.76. The zero-order valence-corrected chi connectivity index (χ0v) is 37.5. The summed E-state index contributed by atoms with van der Waals surface area (Å²) in [7, 11) is -8.90. The number of rotatable bonds is 16. The molecular weight excluding hydrogens is 841 g/mol. The Morgan fingerprint density at radius 2 is 1.43 bits per heavy atom. The largest absolute Gasteiger partial charge is 0.492 e. The van der Waals surface area contributed by atoms with E-state index in [4.69, 9.17) is 4.84 Å². The van der Waals surface area contributed by atoms with Gasteiger partial charge in [0.25, 0.3) is 20.2 Å². The van der Waals surface area contributed by atoms with Gasteiger partial charge in [0.1, 0.15) is 0 Å². The normalized spacial score (nSPS) is 17.6. The van der Waals surface area contributed by atoms with Gasteiger partial charge < -0.3 is 20.0 Å². The SMILES string of the molecule is CC1(C)C(C=CC=CC=C2N(CCCCCC(=O)On3c(O)ccc3O)c3ccc(S(=O)(=O)O)cc3C2(C)C)=C=C(CCCC2=CC=CC=CC=C2)Cc2ccc(S(=O)(=O)O)cc21. The predicted octanol–water partition coefficient (Wildman–Crippen LogP) is 9.47. The number of nitrogens with zero attached hydrogens (tertiary/aromatic N) is 2. The summed E-state index contributed by atoms with van der Waals surface area (Å²) in [5, 5.41) is 19.5. The molecule has 3 aromatic rings. The van der Waals surface area contributed by atoms with Crippen LogP contribution >= 0.6 is 0 Å². The smallest absolute Gasteiger partial charge is 0.333 e. The van der Waals surface area contributed by atoms with Crippen LogP contribution in [0.4, 0.5) is 5.69 Å². The quantitative estimate of drug-likeness (QED) is 0.0465. The van der Waals surface area contributed by atoms with Crippen LogP contribution in [-0.4, -0.2) is 53.4 Å². The molecule has 0 radical (unpaired) electrons. The monoisotopic (exact) mass is 894 g/mol. The Hall–Kier alpha value is -5.89. The molecule has 0 spiro atoms.